The van der Waals surface area contributed by atoms with Gasteiger partial charge in [0.25, 0.3) is 0 Å². The Morgan fingerprint density at radius 3 is 2.61 bits per heavy atom. The Morgan fingerprint density at radius 1 is 1.11 bits per heavy atom. The van der Waals surface area contributed by atoms with Crippen molar-refractivity contribution in [2.24, 2.45) is 5.73 Å². The maximum atomic E-state index is 13.5. The molecule has 2 aromatic rings. The second-order valence-electron chi connectivity index (χ2n) is 3.64. The number of hydrogen-bond donors (Lipinski definition) is 2. The first-order valence-electron chi connectivity index (χ1n) is 5.44. The molecule has 0 aliphatic heterocycles. The SMILES string of the molecule is NCCNc1ccc(-c2cc(F)ccc2F)nn1. The number of anilines is 1. The van der Waals surface area contributed by atoms with Crippen LogP contribution in [0.15, 0.2) is 30.3 Å². The first-order chi connectivity index (χ1) is 8.70. The first-order valence-corrected chi connectivity index (χ1v) is 5.44. The summed E-state index contributed by atoms with van der Waals surface area (Å²) in [7, 11) is 0. The van der Waals surface area contributed by atoms with Gasteiger partial charge < -0.3 is 11.1 Å². The number of nitrogens with two attached hydrogens (primary N) is 1. The van der Waals surface area contributed by atoms with Crippen LogP contribution in [0.3, 0.4) is 0 Å². The van der Waals surface area contributed by atoms with Crippen molar-refractivity contribution >= 4 is 5.82 Å². The average Bonchev–Trinajstić information content (AvgIpc) is 2.40. The van der Waals surface area contributed by atoms with Gasteiger partial charge >= 0.3 is 0 Å². The van der Waals surface area contributed by atoms with Gasteiger partial charge in [-0.25, -0.2) is 8.78 Å². The third-order valence-electron chi connectivity index (χ3n) is 2.32. The monoisotopic (exact) mass is 250 g/mol. The van der Waals surface area contributed by atoms with Crippen LogP contribution in [0.25, 0.3) is 11.3 Å². The zero-order chi connectivity index (χ0) is 13.0. The standard InChI is InChI=1S/C12H12F2N4/c13-8-1-2-10(14)9(7-8)11-3-4-12(18-17-11)16-6-5-15/h1-4,7H,5-6,15H2,(H,16,18). The van der Waals surface area contributed by atoms with Gasteiger partial charge in [0.1, 0.15) is 17.5 Å². The maximum absolute atomic E-state index is 13.5. The summed E-state index contributed by atoms with van der Waals surface area (Å²) in [6.45, 7) is 1.05. The highest BCUT2D eigenvalue weighted by Crippen LogP contribution is 2.21. The first kappa shape index (κ1) is 12.4. The van der Waals surface area contributed by atoms with Crippen molar-refractivity contribution in [3.8, 4) is 11.3 Å². The van der Waals surface area contributed by atoms with E-state index in [-0.39, 0.29) is 11.3 Å². The topological polar surface area (TPSA) is 63.8 Å². The molecule has 4 nitrogen and oxygen atoms in total. The average molecular weight is 250 g/mol. The predicted molar refractivity (Wildman–Crippen MR) is 64.9 cm³/mol. The number of aromatic nitrogens is 2. The summed E-state index contributed by atoms with van der Waals surface area (Å²) in [5.41, 5.74) is 5.71. The maximum Gasteiger partial charge on any atom is 0.148 e. The molecule has 0 saturated heterocycles. The molecule has 0 radical (unpaired) electrons. The van der Waals surface area contributed by atoms with Crippen LogP contribution in [0.5, 0.6) is 0 Å². The Labute approximate surface area is 103 Å². The normalized spacial score (nSPS) is 10.4. The van der Waals surface area contributed by atoms with Crippen LogP contribution in [0, 0.1) is 11.6 Å². The minimum atomic E-state index is -0.534. The van der Waals surface area contributed by atoms with Crippen molar-refractivity contribution in [2.45, 2.75) is 0 Å². The Bertz CT molecular complexity index is 528. The second kappa shape index (κ2) is 5.50. The molecular weight excluding hydrogens is 238 g/mol. The van der Waals surface area contributed by atoms with Crippen molar-refractivity contribution in [2.75, 3.05) is 18.4 Å². The molecular formula is C12H12F2N4. The van der Waals surface area contributed by atoms with E-state index in [1.54, 1.807) is 12.1 Å². The third-order valence-corrected chi connectivity index (χ3v) is 2.32. The number of nitrogens with zero attached hydrogens (tertiary/aromatic N) is 2. The molecule has 0 spiro atoms. The van der Waals surface area contributed by atoms with Gasteiger partial charge in [0.2, 0.25) is 0 Å². The lowest BCUT2D eigenvalue weighted by Crippen LogP contribution is -2.14. The molecule has 1 aromatic carbocycles. The molecule has 1 heterocycles. The number of halogens is 2. The van der Waals surface area contributed by atoms with Crippen LogP contribution in [0.4, 0.5) is 14.6 Å². The van der Waals surface area contributed by atoms with Gasteiger partial charge in [0, 0.05) is 18.7 Å². The number of rotatable bonds is 4. The molecule has 2 rings (SSSR count). The van der Waals surface area contributed by atoms with E-state index in [0.717, 1.165) is 18.2 Å². The van der Waals surface area contributed by atoms with Crippen LogP contribution in [-0.4, -0.2) is 23.3 Å². The molecule has 0 bridgehead atoms. The molecule has 3 N–H and O–H groups in total. The van der Waals surface area contributed by atoms with E-state index < -0.39 is 11.6 Å². The fourth-order valence-corrected chi connectivity index (χ4v) is 1.46. The smallest absolute Gasteiger partial charge is 0.148 e. The van der Waals surface area contributed by atoms with Gasteiger partial charge in [-0.05, 0) is 30.3 Å². The van der Waals surface area contributed by atoms with Crippen molar-refractivity contribution in [3.05, 3.63) is 42.0 Å². The lowest BCUT2D eigenvalue weighted by Gasteiger charge is -2.05. The van der Waals surface area contributed by atoms with Crippen LogP contribution < -0.4 is 11.1 Å². The van der Waals surface area contributed by atoms with Crippen molar-refractivity contribution < 1.29 is 8.78 Å². The van der Waals surface area contributed by atoms with Crippen LogP contribution in [-0.2, 0) is 0 Å². The second-order valence-corrected chi connectivity index (χ2v) is 3.64. The van der Waals surface area contributed by atoms with E-state index in [2.05, 4.69) is 15.5 Å². The fourth-order valence-electron chi connectivity index (χ4n) is 1.46. The van der Waals surface area contributed by atoms with Crippen molar-refractivity contribution in [1.82, 2.24) is 10.2 Å². The minimum absolute atomic E-state index is 0.0906. The van der Waals surface area contributed by atoms with Gasteiger partial charge in [0.05, 0.1) is 5.69 Å². The molecule has 0 saturated carbocycles. The molecule has 0 aliphatic rings. The molecule has 0 aliphatic carbocycles. The molecule has 94 valence electrons. The van der Waals surface area contributed by atoms with E-state index >= 15 is 0 Å². The Hall–Kier alpha value is -2.08. The summed E-state index contributed by atoms with van der Waals surface area (Å²) < 4.78 is 26.5. The Balaban J connectivity index is 2.25. The highest BCUT2D eigenvalue weighted by atomic mass is 19.1. The number of hydrogen-bond acceptors (Lipinski definition) is 4. The van der Waals surface area contributed by atoms with Gasteiger partial charge in [0.15, 0.2) is 0 Å². The molecule has 1 aromatic heterocycles. The van der Waals surface area contributed by atoms with Gasteiger partial charge in [-0.1, -0.05) is 0 Å². The molecule has 6 heteroatoms. The van der Waals surface area contributed by atoms with Crippen molar-refractivity contribution in [3.63, 3.8) is 0 Å². The predicted octanol–water partition coefficient (Wildman–Crippen LogP) is 1.79. The lowest BCUT2D eigenvalue weighted by atomic mass is 10.1. The summed E-state index contributed by atoms with van der Waals surface area (Å²) in [5, 5.41) is 10.6. The summed E-state index contributed by atoms with van der Waals surface area (Å²) in [6, 6.07) is 6.43. The zero-order valence-corrected chi connectivity index (χ0v) is 9.53. The van der Waals surface area contributed by atoms with E-state index in [0.29, 0.717) is 18.9 Å². The van der Waals surface area contributed by atoms with Gasteiger partial charge in [-0.15, -0.1) is 10.2 Å². The fraction of sp³-hybridized carbons (Fsp3) is 0.167. The zero-order valence-electron chi connectivity index (χ0n) is 9.53. The summed E-state index contributed by atoms with van der Waals surface area (Å²) in [4.78, 5) is 0. The highest BCUT2D eigenvalue weighted by molar-refractivity contribution is 5.60. The Morgan fingerprint density at radius 2 is 1.94 bits per heavy atom. The molecule has 0 atom stereocenters. The summed E-state index contributed by atoms with van der Waals surface area (Å²) >= 11 is 0. The summed E-state index contributed by atoms with van der Waals surface area (Å²) in [6.07, 6.45) is 0. The van der Waals surface area contributed by atoms with Crippen LogP contribution in [0.1, 0.15) is 0 Å². The Kier molecular flexibility index (Phi) is 3.78. The van der Waals surface area contributed by atoms with Gasteiger partial charge in [-0.2, -0.15) is 0 Å². The molecule has 18 heavy (non-hydrogen) atoms. The molecule has 0 fully saturated rings. The van der Waals surface area contributed by atoms with Crippen molar-refractivity contribution in [1.29, 1.82) is 0 Å². The minimum Gasteiger partial charge on any atom is -0.367 e. The van der Waals surface area contributed by atoms with Crippen LogP contribution >= 0.6 is 0 Å². The quantitative estimate of drug-likeness (QED) is 0.868. The molecule has 0 amide bonds. The molecule has 0 unspecified atom stereocenters. The highest BCUT2D eigenvalue weighted by Gasteiger charge is 2.08. The third kappa shape index (κ3) is 2.78. The van der Waals surface area contributed by atoms with E-state index in [1.165, 1.54) is 0 Å². The largest absolute Gasteiger partial charge is 0.367 e. The number of benzene rings is 1. The lowest BCUT2D eigenvalue weighted by molar-refractivity contribution is 0.602. The van der Waals surface area contributed by atoms with Crippen LogP contribution in [0.2, 0.25) is 0 Å². The van der Waals surface area contributed by atoms with E-state index in [9.17, 15) is 8.78 Å². The van der Waals surface area contributed by atoms with Gasteiger partial charge in [-0.3, -0.25) is 0 Å². The summed E-state index contributed by atoms with van der Waals surface area (Å²) in [5.74, 6) is -0.507. The van der Waals surface area contributed by atoms with E-state index in [1.807, 2.05) is 0 Å². The number of nitrogens with one attached hydrogen (secondary N) is 1. The van der Waals surface area contributed by atoms with E-state index in [4.69, 9.17) is 5.73 Å².